The van der Waals surface area contributed by atoms with Crippen molar-refractivity contribution in [2.24, 2.45) is 10.8 Å². The van der Waals surface area contributed by atoms with Crippen molar-refractivity contribution in [1.82, 2.24) is 0 Å². The van der Waals surface area contributed by atoms with Crippen molar-refractivity contribution in [1.29, 1.82) is 0 Å². The summed E-state index contributed by atoms with van der Waals surface area (Å²) < 4.78 is 16.7. The number of rotatable bonds is 2. The van der Waals surface area contributed by atoms with Gasteiger partial charge in [-0.25, -0.2) is 0 Å². The maximum absolute atomic E-state index is 12.6. The fraction of sp³-hybridized carbons (Fsp3) is 0.706. The second kappa shape index (κ2) is 4.76. The van der Waals surface area contributed by atoms with Crippen molar-refractivity contribution in [3.8, 4) is 0 Å². The van der Waals surface area contributed by atoms with Crippen LogP contribution in [-0.4, -0.2) is 71.0 Å². The highest BCUT2D eigenvalue weighted by atomic mass is 16.6. The molecule has 2 bridgehead atoms. The number of epoxide rings is 1. The molecule has 8 nitrogen and oxygen atoms in total. The van der Waals surface area contributed by atoms with Gasteiger partial charge in [0.1, 0.15) is 24.4 Å². The van der Waals surface area contributed by atoms with Crippen LogP contribution in [0.15, 0.2) is 11.6 Å². The van der Waals surface area contributed by atoms with Crippen molar-refractivity contribution in [3.05, 3.63) is 11.6 Å². The highest BCUT2D eigenvalue weighted by Crippen LogP contribution is 2.70. The van der Waals surface area contributed by atoms with Crippen LogP contribution in [0.1, 0.15) is 20.8 Å². The Morgan fingerprint density at radius 1 is 1.36 bits per heavy atom. The predicted molar refractivity (Wildman–Crippen MR) is 80.3 cm³/mol. The minimum absolute atomic E-state index is 0.162. The van der Waals surface area contributed by atoms with Crippen LogP contribution < -0.4 is 0 Å². The molecule has 0 aromatic carbocycles. The zero-order valence-electron chi connectivity index (χ0n) is 14.1. The van der Waals surface area contributed by atoms with E-state index in [-0.39, 0.29) is 13.2 Å². The van der Waals surface area contributed by atoms with E-state index in [1.807, 2.05) is 0 Å². The van der Waals surface area contributed by atoms with Crippen LogP contribution in [0.5, 0.6) is 0 Å². The molecule has 0 unspecified atom stereocenters. The molecule has 2 aliphatic heterocycles. The van der Waals surface area contributed by atoms with Crippen LogP contribution >= 0.6 is 0 Å². The van der Waals surface area contributed by atoms with E-state index in [1.165, 1.54) is 13.0 Å². The van der Waals surface area contributed by atoms with Crippen molar-refractivity contribution in [2.75, 3.05) is 13.2 Å². The zero-order chi connectivity index (χ0) is 18.4. The molecule has 4 aliphatic rings. The Labute approximate surface area is 143 Å². The molecule has 0 aromatic rings. The minimum atomic E-state index is -1.60. The summed E-state index contributed by atoms with van der Waals surface area (Å²) in [7, 11) is 0. The number of aliphatic hydroxyl groups is 2. The summed E-state index contributed by atoms with van der Waals surface area (Å²) in [5.74, 6) is -1.69. The van der Waals surface area contributed by atoms with Gasteiger partial charge in [-0.1, -0.05) is 6.92 Å². The first-order chi connectivity index (χ1) is 11.6. The topological polar surface area (TPSA) is 123 Å². The maximum Gasteiger partial charge on any atom is 0.302 e. The maximum atomic E-state index is 12.6. The lowest BCUT2D eigenvalue weighted by atomic mass is 9.50. The highest BCUT2D eigenvalue weighted by molar-refractivity contribution is 6.01. The molecular weight excluding hydrogens is 332 g/mol. The van der Waals surface area contributed by atoms with Crippen LogP contribution in [0.25, 0.3) is 0 Å². The number of ether oxygens (including phenoxy) is 3. The van der Waals surface area contributed by atoms with Gasteiger partial charge in [-0.3, -0.25) is 14.4 Å². The number of hydrogen-bond acceptors (Lipinski definition) is 8. The highest BCUT2D eigenvalue weighted by Gasteiger charge is 2.87. The summed E-state index contributed by atoms with van der Waals surface area (Å²) in [6.07, 6.45) is -3.42. The van der Waals surface area contributed by atoms with E-state index < -0.39 is 58.4 Å². The molecule has 4 rings (SSSR count). The van der Waals surface area contributed by atoms with Crippen molar-refractivity contribution in [2.45, 2.75) is 50.8 Å². The van der Waals surface area contributed by atoms with Crippen LogP contribution in [0, 0.1) is 10.8 Å². The van der Waals surface area contributed by atoms with E-state index in [0.29, 0.717) is 5.57 Å². The molecule has 3 fully saturated rings. The summed E-state index contributed by atoms with van der Waals surface area (Å²) in [5, 5.41) is 21.7. The Hall–Kier alpha value is -1.61. The molecule has 8 heteroatoms. The molecule has 2 aliphatic carbocycles. The Kier molecular flexibility index (Phi) is 3.21. The molecular formula is C17H20O8. The van der Waals surface area contributed by atoms with E-state index >= 15 is 0 Å². The summed E-state index contributed by atoms with van der Waals surface area (Å²) in [4.78, 5) is 36.6. The van der Waals surface area contributed by atoms with Crippen LogP contribution in [0.3, 0.4) is 0 Å². The van der Waals surface area contributed by atoms with Gasteiger partial charge in [0.15, 0.2) is 17.7 Å². The lowest BCUT2D eigenvalue weighted by molar-refractivity contribution is -0.255. The smallest absolute Gasteiger partial charge is 0.302 e. The Morgan fingerprint density at radius 2 is 2.00 bits per heavy atom. The molecule has 2 N–H and O–H groups in total. The average Bonchev–Trinajstić information content (AvgIpc) is 3.34. The first-order valence-electron chi connectivity index (χ1n) is 8.19. The number of ketones is 2. The molecule has 1 saturated carbocycles. The number of carbonyl (C=O) groups excluding carboxylic acids is 3. The lowest BCUT2D eigenvalue weighted by Crippen LogP contribution is -2.72. The second-order valence-electron chi connectivity index (χ2n) is 7.56. The third-order valence-corrected chi connectivity index (χ3v) is 6.63. The van der Waals surface area contributed by atoms with Gasteiger partial charge in [-0.2, -0.15) is 0 Å². The predicted octanol–water partition coefficient (Wildman–Crippen LogP) is -1.09. The summed E-state index contributed by atoms with van der Waals surface area (Å²) in [5.41, 5.74) is -3.69. The monoisotopic (exact) mass is 352 g/mol. The van der Waals surface area contributed by atoms with Gasteiger partial charge < -0.3 is 24.4 Å². The van der Waals surface area contributed by atoms with E-state index in [4.69, 9.17) is 14.2 Å². The van der Waals surface area contributed by atoms with Gasteiger partial charge in [-0.05, 0) is 18.6 Å². The van der Waals surface area contributed by atoms with Gasteiger partial charge >= 0.3 is 5.97 Å². The third kappa shape index (κ3) is 1.64. The molecule has 0 radical (unpaired) electrons. The largest absolute Gasteiger partial charge is 0.465 e. The van der Waals surface area contributed by atoms with Crippen LogP contribution in [0.4, 0.5) is 0 Å². The average molecular weight is 352 g/mol. The minimum Gasteiger partial charge on any atom is -0.465 e. The molecule has 0 amide bonds. The summed E-state index contributed by atoms with van der Waals surface area (Å²) in [6.45, 7) is 4.15. The summed E-state index contributed by atoms with van der Waals surface area (Å²) >= 11 is 0. The van der Waals surface area contributed by atoms with Gasteiger partial charge in [0.05, 0.1) is 18.1 Å². The van der Waals surface area contributed by atoms with Crippen molar-refractivity contribution < 1.29 is 38.8 Å². The first kappa shape index (κ1) is 16.8. The number of esters is 1. The standard InChI is InChI=1S/C17H20O8/c1-7-4-9-16(5-23-8(2)18,13(22)10(7)19)15(3)12(21)11(20)14(25-9)17(15)6-24-17/h4,9,12-14,21-22H,5-6H2,1-3H3/t9-,12-,13-,14-,15-,16-,17+/m1/s1. The van der Waals surface area contributed by atoms with Gasteiger partial charge in [0, 0.05) is 12.3 Å². The van der Waals surface area contributed by atoms with Crippen LogP contribution in [-0.2, 0) is 28.6 Å². The fourth-order valence-electron chi connectivity index (χ4n) is 5.00. The van der Waals surface area contributed by atoms with Gasteiger partial charge in [0.2, 0.25) is 0 Å². The van der Waals surface area contributed by atoms with E-state index in [0.717, 1.165) is 0 Å². The molecule has 2 heterocycles. The first-order valence-corrected chi connectivity index (χ1v) is 8.19. The summed E-state index contributed by atoms with van der Waals surface area (Å²) in [6, 6.07) is 0. The van der Waals surface area contributed by atoms with E-state index in [1.54, 1.807) is 13.8 Å². The van der Waals surface area contributed by atoms with Crippen molar-refractivity contribution in [3.63, 3.8) is 0 Å². The number of hydrogen-bond donors (Lipinski definition) is 2. The molecule has 7 atom stereocenters. The Bertz CT molecular complexity index is 722. The van der Waals surface area contributed by atoms with Crippen LogP contribution in [0.2, 0.25) is 0 Å². The Balaban J connectivity index is 1.95. The SMILES string of the molecule is CC(=O)OC[C@]12[C@H](O)C(=O)C(C)=C[C@H]1O[C@@H]1C(=O)[C@@H](O)[C@@]2(C)[C@]12CO2. The number of fused-ring (bicyclic) bond motifs is 2. The van der Waals surface area contributed by atoms with Gasteiger partial charge in [0.25, 0.3) is 0 Å². The van der Waals surface area contributed by atoms with Crippen molar-refractivity contribution >= 4 is 17.5 Å². The molecule has 1 spiro atoms. The lowest BCUT2D eigenvalue weighted by Gasteiger charge is -2.58. The van der Waals surface area contributed by atoms with E-state index in [9.17, 15) is 24.6 Å². The quantitative estimate of drug-likeness (QED) is 0.475. The zero-order valence-corrected chi connectivity index (χ0v) is 14.1. The van der Waals surface area contributed by atoms with Gasteiger partial charge in [-0.15, -0.1) is 0 Å². The Morgan fingerprint density at radius 3 is 2.56 bits per heavy atom. The molecule has 25 heavy (non-hydrogen) atoms. The number of aliphatic hydroxyl groups excluding tert-OH is 2. The third-order valence-electron chi connectivity index (χ3n) is 6.63. The van der Waals surface area contributed by atoms with E-state index in [2.05, 4.69) is 0 Å². The fourth-order valence-corrected chi connectivity index (χ4v) is 5.00. The molecule has 2 saturated heterocycles. The molecule has 0 aromatic heterocycles. The molecule has 136 valence electrons. The number of carbonyl (C=O) groups is 3. The second-order valence-corrected chi connectivity index (χ2v) is 7.56. The number of Topliss-reactive ketones (excluding diaryl/α,β-unsaturated/α-hetero) is 2. The normalized spacial score (nSPS) is 50.5.